The molecule has 18 heavy (non-hydrogen) atoms. The molecule has 0 aliphatic heterocycles. The van der Waals surface area contributed by atoms with E-state index in [4.69, 9.17) is 5.73 Å². The summed E-state index contributed by atoms with van der Waals surface area (Å²) in [5.41, 5.74) is 7.64. The summed E-state index contributed by atoms with van der Waals surface area (Å²) in [5, 5.41) is 8.12. The number of aromatic nitrogens is 2. The van der Waals surface area contributed by atoms with Crippen molar-refractivity contribution >= 4 is 10.8 Å². The molecule has 1 saturated carbocycles. The van der Waals surface area contributed by atoms with E-state index in [1.165, 1.54) is 31.2 Å². The topological polar surface area (TPSA) is 71.8 Å². The fourth-order valence-electron chi connectivity index (χ4n) is 2.91. The second-order valence-electron chi connectivity index (χ2n) is 4.99. The molecule has 3 rings (SSSR count). The Bertz CT molecular complexity index is 626. The summed E-state index contributed by atoms with van der Waals surface area (Å²) in [6.45, 7) is 0.349. The third-order valence-electron chi connectivity index (χ3n) is 3.91. The summed E-state index contributed by atoms with van der Waals surface area (Å²) >= 11 is 0. The molecule has 0 amide bonds. The van der Waals surface area contributed by atoms with Crippen LogP contribution in [-0.4, -0.2) is 10.2 Å². The van der Waals surface area contributed by atoms with Gasteiger partial charge in [-0.25, -0.2) is 5.10 Å². The van der Waals surface area contributed by atoms with Gasteiger partial charge in [-0.05, 0) is 36.5 Å². The highest BCUT2D eigenvalue weighted by atomic mass is 16.1. The predicted octanol–water partition coefficient (Wildman–Crippen LogP) is 2.04. The lowest BCUT2D eigenvalue weighted by atomic mass is 9.95. The van der Waals surface area contributed by atoms with E-state index in [-0.39, 0.29) is 5.56 Å². The molecule has 0 spiro atoms. The van der Waals surface area contributed by atoms with Crippen LogP contribution < -0.4 is 11.3 Å². The minimum atomic E-state index is -0.139. The average molecular weight is 243 g/mol. The Morgan fingerprint density at radius 2 is 2.06 bits per heavy atom. The standard InChI is InChI=1S/C14H17N3O/c15-8-13-12-7-10(9-3-1-2-4-9)5-6-11(12)14(18)17-16-13/h5-7,9H,1-4,8,15H2,(H,17,18). The molecule has 4 heteroatoms. The summed E-state index contributed by atoms with van der Waals surface area (Å²) in [6.07, 6.45) is 5.11. The van der Waals surface area contributed by atoms with Gasteiger partial charge in [-0.3, -0.25) is 4.79 Å². The Balaban J connectivity index is 2.18. The lowest BCUT2D eigenvalue weighted by Gasteiger charge is -2.11. The molecule has 2 aromatic rings. The highest BCUT2D eigenvalue weighted by Crippen LogP contribution is 2.35. The Hall–Kier alpha value is -1.68. The molecular formula is C14H17N3O. The quantitative estimate of drug-likeness (QED) is 0.847. The molecule has 1 aliphatic carbocycles. The molecule has 1 aromatic heterocycles. The van der Waals surface area contributed by atoms with Gasteiger partial charge in [0.15, 0.2) is 0 Å². The van der Waals surface area contributed by atoms with E-state index in [9.17, 15) is 4.79 Å². The third kappa shape index (κ3) is 1.82. The summed E-state index contributed by atoms with van der Waals surface area (Å²) in [4.78, 5) is 11.7. The summed E-state index contributed by atoms with van der Waals surface area (Å²) in [5.74, 6) is 0.638. The van der Waals surface area contributed by atoms with E-state index < -0.39 is 0 Å². The van der Waals surface area contributed by atoms with E-state index in [2.05, 4.69) is 22.3 Å². The van der Waals surface area contributed by atoms with Gasteiger partial charge in [0, 0.05) is 11.9 Å². The van der Waals surface area contributed by atoms with Crippen LogP contribution in [0.3, 0.4) is 0 Å². The summed E-state index contributed by atoms with van der Waals surface area (Å²) in [7, 11) is 0. The molecule has 94 valence electrons. The van der Waals surface area contributed by atoms with E-state index in [0.29, 0.717) is 17.8 Å². The summed E-state index contributed by atoms with van der Waals surface area (Å²) < 4.78 is 0. The largest absolute Gasteiger partial charge is 0.325 e. The second kappa shape index (κ2) is 4.53. The van der Waals surface area contributed by atoms with Gasteiger partial charge in [0.25, 0.3) is 5.56 Å². The monoisotopic (exact) mass is 243 g/mol. The molecule has 3 N–H and O–H groups in total. The van der Waals surface area contributed by atoms with Crippen molar-refractivity contribution in [3.05, 3.63) is 39.8 Å². The third-order valence-corrected chi connectivity index (χ3v) is 3.91. The van der Waals surface area contributed by atoms with Gasteiger partial charge in [-0.1, -0.05) is 18.9 Å². The van der Waals surface area contributed by atoms with Crippen LogP contribution in [0.1, 0.15) is 42.9 Å². The van der Waals surface area contributed by atoms with Crippen molar-refractivity contribution in [2.75, 3.05) is 0 Å². The molecule has 0 saturated heterocycles. The van der Waals surface area contributed by atoms with Gasteiger partial charge in [0.05, 0.1) is 11.1 Å². The van der Waals surface area contributed by atoms with Gasteiger partial charge in [0.2, 0.25) is 0 Å². The molecule has 1 aromatic carbocycles. The van der Waals surface area contributed by atoms with E-state index in [1.807, 2.05) is 6.07 Å². The first-order valence-corrected chi connectivity index (χ1v) is 6.51. The Morgan fingerprint density at radius 3 is 2.78 bits per heavy atom. The molecule has 1 aliphatic rings. The molecule has 0 radical (unpaired) electrons. The lowest BCUT2D eigenvalue weighted by molar-refractivity contribution is 0.724. The van der Waals surface area contributed by atoms with Crippen molar-refractivity contribution in [1.82, 2.24) is 10.2 Å². The number of hydrogen-bond donors (Lipinski definition) is 2. The van der Waals surface area contributed by atoms with Gasteiger partial charge in [-0.15, -0.1) is 0 Å². The Morgan fingerprint density at radius 1 is 1.28 bits per heavy atom. The molecule has 4 nitrogen and oxygen atoms in total. The maximum atomic E-state index is 11.7. The number of nitrogens with two attached hydrogens (primary N) is 1. The highest BCUT2D eigenvalue weighted by Gasteiger charge is 2.18. The first-order valence-electron chi connectivity index (χ1n) is 6.51. The maximum Gasteiger partial charge on any atom is 0.272 e. The van der Waals surface area contributed by atoms with Crippen molar-refractivity contribution in [1.29, 1.82) is 0 Å². The predicted molar refractivity (Wildman–Crippen MR) is 71.5 cm³/mol. The number of nitrogens with zero attached hydrogens (tertiary/aromatic N) is 1. The number of nitrogens with one attached hydrogen (secondary N) is 1. The number of H-pyrrole nitrogens is 1. The number of rotatable bonds is 2. The van der Waals surface area contributed by atoms with Crippen LogP contribution >= 0.6 is 0 Å². The summed E-state index contributed by atoms with van der Waals surface area (Å²) in [6, 6.07) is 6.09. The fraction of sp³-hybridized carbons (Fsp3) is 0.429. The Labute approximate surface area is 105 Å². The molecule has 0 bridgehead atoms. The van der Waals surface area contributed by atoms with Crippen LogP contribution in [0.4, 0.5) is 0 Å². The molecule has 1 heterocycles. The number of benzene rings is 1. The number of hydrogen-bond acceptors (Lipinski definition) is 3. The SMILES string of the molecule is NCc1n[nH]c(=O)c2ccc(C3CCCC3)cc12. The van der Waals surface area contributed by atoms with Crippen molar-refractivity contribution < 1.29 is 0 Å². The van der Waals surface area contributed by atoms with Crippen LogP contribution in [-0.2, 0) is 6.54 Å². The van der Waals surface area contributed by atoms with Crippen LogP contribution in [0.25, 0.3) is 10.8 Å². The molecule has 1 fully saturated rings. The van der Waals surface area contributed by atoms with Crippen molar-refractivity contribution in [3.8, 4) is 0 Å². The van der Waals surface area contributed by atoms with Gasteiger partial charge >= 0.3 is 0 Å². The minimum Gasteiger partial charge on any atom is -0.325 e. The lowest BCUT2D eigenvalue weighted by Crippen LogP contribution is -2.13. The van der Waals surface area contributed by atoms with Crippen molar-refractivity contribution in [2.45, 2.75) is 38.1 Å². The molecule has 0 unspecified atom stereocenters. The number of fused-ring (bicyclic) bond motifs is 1. The molecular weight excluding hydrogens is 226 g/mol. The van der Waals surface area contributed by atoms with Gasteiger partial charge < -0.3 is 5.73 Å². The van der Waals surface area contributed by atoms with Crippen LogP contribution in [0.2, 0.25) is 0 Å². The first kappa shape index (κ1) is 11.4. The van der Waals surface area contributed by atoms with Gasteiger partial charge in [-0.2, -0.15) is 5.10 Å². The van der Waals surface area contributed by atoms with Crippen molar-refractivity contribution in [2.24, 2.45) is 5.73 Å². The van der Waals surface area contributed by atoms with Crippen molar-refractivity contribution in [3.63, 3.8) is 0 Å². The molecule has 0 atom stereocenters. The van der Waals surface area contributed by atoms with Crippen LogP contribution in [0.15, 0.2) is 23.0 Å². The zero-order valence-corrected chi connectivity index (χ0v) is 10.3. The van der Waals surface area contributed by atoms with Crippen LogP contribution in [0, 0.1) is 0 Å². The fourth-order valence-corrected chi connectivity index (χ4v) is 2.91. The zero-order valence-electron chi connectivity index (χ0n) is 10.3. The Kier molecular flexibility index (Phi) is 2.88. The van der Waals surface area contributed by atoms with Crippen LogP contribution in [0.5, 0.6) is 0 Å². The maximum absolute atomic E-state index is 11.7. The minimum absolute atomic E-state index is 0.139. The average Bonchev–Trinajstić information content (AvgIpc) is 2.93. The highest BCUT2D eigenvalue weighted by molar-refractivity contribution is 5.84. The van der Waals surface area contributed by atoms with E-state index >= 15 is 0 Å². The normalized spacial score (nSPS) is 16.5. The van der Waals surface area contributed by atoms with E-state index in [0.717, 1.165) is 11.1 Å². The van der Waals surface area contributed by atoms with Gasteiger partial charge in [0.1, 0.15) is 0 Å². The zero-order chi connectivity index (χ0) is 12.5. The van der Waals surface area contributed by atoms with E-state index in [1.54, 1.807) is 0 Å². The first-order chi connectivity index (χ1) is 8.79. The number of aromatic amines is 1. The smallest absolute Gasteiger partial charge is 0.272 e. The second-order valence-corrected chi connectivity index (χ2v) is 4.99.